The molecule has 0 saturated carbocycles. The van der Waals surface area contributed by atoms with Crippen LogP contribution < -0.4 is 5.32 Å². The van der Waals surface area contributed by atoms with Crippen LogP contribution in [0.2, 0.25) is 0 Å². The monoisotopic (exact) mass is 241 g/mol. The van der Waals surface area contributed by atoms with Crippen LogP contribution >= 0.6 is 11.3 Å². The average Bonchev–Trinajstić information content (AvgIpc) is 2.59. The molecule has 0 bridgehead atoms. The Morgan fingerprint density at radius 1 is 1.38 bits per heavy atom. The van der Waals surface area contributed by atoms with Gasteiger partial charge in [-0.05, 0) is 25.0 Å². The van der Waals surface area contributed by atoms with Gasteiger partial charge in [0.1, 0.15) is 6.04 Å². The first-order valence-corrected chi connectivity index (χ1v) is 5.83. The summed E-state index contributed by atoms with van der Waals surface area (Å²) in [5, 5.41) is 11.5. The first kappa shape index (κ1) is 12.7. The number of nitrogens with one attached hydrogen (secondary N) is 1. The zero-order valence-corrected chi connectivity index (χ0v) is 10.3. The van der Waals surface area contributed by atoms with Gasteiger partial charge < -0.3 is 10.4 Å². The first-order valence-electron chi connectivity index (χ1n) is 5.02. The molecule has 0 aromatic carbocycles. The molecule has 88 valence electrons. The molecule has 1 amide bonds. The van der Waals surface area contributed by atoms with E-state index < -0.39 is 12.0 Å². The minimum atomic E-state index is -1.00. The molecule has 0 spiro atoms. The van der Waals surface area contributed by atoms with Crippen LogP contribution in [0.1, 0.15) is 28.4 Å². The van der Waals surface area contributed by atoms with Crippen molar-refractivity contribution in [3.63, 3.8) is 0 Å². The Labute approximate surface area is 98.3 Å². The molecule has 0 radical (unpaired) electrons. The van der Waals surface area contributed by atoms with Crippen LogP contribution in [-0.4, -0.2) is 23.0 Å². The fraction of sp³-hybridized carbons (Fsp3) is 0.455. The van der Waals surface area contributed by atoms with Crippen molar-refractivity contribution >= 4 is 23.2 Å². The van der Waals surface area contributed by atoms with Crippen LogP contribution in [-0.2, 0) is 4.79 Å². The van der Waals surface area contributed by atoms with Crippen LogP contribution in [0.3, 0.4) is 0 Å². The summed E-state index contributed by atoms with van der Waals surface area (Å²) in [7, 11) is 0. The number of carboxylic acid groups (broad SMARTS) is 1. The summed E-state index contributed by atoms with van der Waals surface area (Å²) in [5.41, 5.74) is 0. The average molecular weight is 241 g/mol. The van der Waals surface area contributed by atoms with Crippen LogP contribution in [0.25, 0.3) is 0 Å². The standard InChI is InChI=1S/C11H15NO3S/c1-6(2)9(11(14)15)12-10(13)8-5-4-7(3)16-8/h4-6,9H,1-3H3,(H,12,13)(H,14,15). The van der Waals surface area contributed by atoms with Crippen molar-refractivity contribution in [3.8, 4) is 0 Å². The predicted molar refractivity (Wildman–Crippen MR) is 62.8 cm³/mol. The molecule has 1 aromatic heterocycles. The molecule has 4 nitrogen and oxygen atoms in total. The summed E-state index contributed by atoms with van der Waals surface area (Å²) in [6, 6.07) is 2.70. The minimum Gasteiger partial charge on any atom is -0.480 e. The van der Waals surface area contributed by atoms with Crippen LogP contribution in [0.4, 0.5) is 0 Å². The molecule has 0 aliphatic rings. The molecule has 1 unspecified atom stereocenters. The van der Waals surface area contributed by atoms with Gasteiger partial charge in [-0.2, -0.15) is 0 Å². The van der Waals surface area contributed by atoms with Crippen LogP contribution in [0.5, 0.6) is 0 Å². The van der Waals surface area contributed by atoms with Crippen molar-refractivity contribution in [1.82, 2.24) is 5.32 Å². The lowest BCUT2D eigenvalue weighted by atomic mass is 10.0. The maximum atomic E-state index is 11.7. The molecule has 0 fully saturated rings. The van der Waals surface area contributed by atoms with Crippen molar-refractivity contribution in [3.05, 3.63) is 21.9 Å². The molecule has 16 heavy (non-hydrogen) atoms. The largest absolute Gasteiger partial charge is 0.480 e. The Morgan fingerprint density at radius 2 is 2.00 bits per heavy atom. The minimum absolute atomic E-state index is 0.137. The van der Waals surface area contributed by atoms with Gasteiger partial charge in [0, 0.05) is 4.88 Å². The molecule has 1 aromatic rings. The number of thiophene rings is 1. The number of aryl methyl sites for hydroxylation is 1. The van der Waals surface area contributed by atoms with E-state index in [0.717, 1.165) is 4.88 Å². The number of carbonyl (C=O) groups is 2. The zero-order chi connectivity index (χ0) is 12.3. The third-order valence-corrected chi connectivity index (χ3v) is 3.18. The molecule has 1 atom stereocenters. The van der Waals surface area contributed by atoms with Crippen molar-refractivity contribution in [2.75, 3.05) is 0 Å². The van der Waals surface area contributed by atoms with Gasteiger partial charge in [-0.1, -0.05) is 13.8 Å². The van der Waals surface area contributed by atoms with Gasteiger partial charge >= 0.3 is 5.97 Å². The fourth-order valence-corrected chi connectivity index (χ4v) is 2.05. The Balaban J connectivity index is 2.73. The van der Waals surface area contributed by atoms with Crippen molar-refractivity contribution in [2.45, 2.75) is 26.8 Å². The summed E-state index contributed by atoms with van der Waals surface area (Å²) >= 11 is 1.36. The zero-order valence-electron chi connectivity index (χ0n) is 9.48. The van der Waals surface area contributed by atoms with E-state index in [-0.39, 0.29) is 11.8 Å². The Morgan fingerprint density at radius 3 is 2.38 bits per heavy atom. The van der Waals surface area contributed by atoms with E-state index >= 15 is 0 Å². The highest BCUT2D eigenvalue weighted by atomic mass is 32.1. The summed E-state index contributed by atoms with van der Waals surface area (Å²) in [6.45, 7) is 5.43. The van der Waals surface area contributed by atoms with Crippen molar-refractivity contribution in [2.24, 2.45) is 5.92 Å². The van der Waals surface area contributed by atoms with Gasteiger partial charge in [0.2, 0.25) is 0 Å². The second kappa shape index (κ2) is 5.12. The van der Waals surface area contributed by atoms with Gasteiger partial charge in [-0.25, -0.2) is 4.79 Å². The highest BCUT2D eigenvalue weighted by Gasteiger charge is 2.24. The van der Waals surface area contributed by atoms with E-state index in [0.29, 0.717) is 4.88 Å². The first-order chi connectivity index (χ1) is 7.41. The van der Waals surface area contributed by atoms with Crippen molar-refractivity contribution < 1.29 is 14.7 Å². The summed E-state index contributed by atoms with van der Waals surface area (Å²) in [6.07, 6.45) is 0. The molecule has 0 aliphatic carbocycles. The lowest BCUT2D eigenvalue weighted by Gasteiger charge is -2.17. The predicted octanol–water partition coefficient (Wildman–Crippen LogP) is 1.90. The van der Waals surface area contributed by atoms with Crippen LogP contribution in [0.15, 0.2) is 12.1 Å². The molecule has 2 N–H and O–H groups in total. The van der Waals surface area contributed by atoms with E-state index in [1.165, 1.54) is 11.3 Å². The highest BCUT2D eigenvalue weighted by molar-refractivity contribution is 7.13. The summed E-state index contributed by atoms with van der Waals surface area (Å²) < 4.78 is 0. The summed E-state index contributed by atoms with van der Waals surface area (Å²) in [5.74, 6) is -1.46. The second-order valence-corrected chi connectivity index (χ2v) is 5.23. The fourth-order valence-electron chi connectivity index (χ4n) is 1.28. The van der Waals surface area contributed by atoms with E-state index in [1.807, 2.05) is 13.0 Å². The van der Waals surface area contributed by atoms with Gasteiger partial charge in [0.25, 0.3) is 5.91 Å². The van der Waals surface area contributed by atoms with Crippen LogP contribution in [0, 0.1) is 12.8 Å². The Hall–Kier alpha value is -1.36. The molecular weight excluding hydrogens is 226 g/mol. The third kappa shape index (κ3) is 3.06. The van der Waals surface area contributed by atoms with Gasteiger partial charge in [0.15, 0.2) is 0 Å². The van der Waals surface area contributed by atoms with Crippen molar-refractivity contribution in [1.29, 1.82) is 0 Å². The number of carbonyl (C=O) groups excluding carboxylic acids is 1. The highest BCUT2D eigenvalue weighted by Crippen LogP contribution is 2.15. The number of hydrogen-bond acceptors (Lipinski definition) is 3. The maximum Gasteiger partial charge on any atom is 0.326 e. The number of rotatable bonds is 4. The lowest BCUT2D eigenvalue weighted by Crippen LogP contribution is -2.44. The number of aliphatic carboxylic acids is 1. The summed E-state index contributed by atoms with van der Waals surface area (Å²) in [4.78, 5) is 24.2. The van der Waals surface area contributed by atoms with Gasteiger partial charge in [-0.15, -0.1) is 11.3 Å². The lowest BCUT2D eigenvalue weighted by molar-refractivity contribution is -0.140. The van der Waals surface area contributed by atoms with E-state index in [9.17, 15) is 9.59 Å². The smallest absolute Gasteiger partial charge is 0.326 e. The molecule has 0 aliphatic heterocycles. The number of hydrogen-bond donors (Lipinski definition) is 2. The second-order valence-electron chi connectivity index (χ2n) is 3.94. The van der Waals surface area contributed by atoms with E-state index in [4.69, 9.17) is 5.11 Å². The molecule has 5 heteroatoms. The maximum absolute atomic E-state index is 11.7. The molecule has 0 saturated heterocycles. The molecular formula is C11H15NO3S. The molecule has 1 heterocycles. The topological polar surface area (TPSA) is 66.4 Å². The Bertz CT molecular complexity index is 398. The molecule has 1 rings (SSSR count). The number of amides is 1. The van der Waals surface area contributed by atoms with Gasteiger partial charge in [0.05, 0.1) is 4.88 Å². The quantitative estimate of drug-likeness (QED) is 0.846. The Kier molecular flexibility index (Phi) is 4.06. The SMILES string of the molecule is Cc1ccc(C(=O)NC(C(=O)O)C(C)C)s1. The third-order valence-electron chi connectivity index (χ3n) is 2.18. The van der Waals surface area contributed by atoms with E-state index in [1.54, 1.807) is 19.9 Å². The van der Waals surface area contributed by atoms with Gasteiger partial charge in [-0.3, -0.25) is 4.79 Å². The normalized spacial score (nSPS) is 12.5. The number of carboxylic acids is 1. The van der Waals surface area contributed by atoms with E-state index in [2.05, 4.69) is 5.32 Å².